The summed E-state index contributed by atoms with van der Waals surface area (Å²) in [6.07, 6.45) is 1.92. The molecule has 0 aliphatic carbocycles. The van der Waals surface area contributed by atoms with Crippen molar-refractivity contribution < 1.29 is 13.9 Å². The van der Waals surface area contributed by atoms with Crippen LogP contribution in [0.2, 0.25) is 0 Å². The minimum Gasteiger partial charge on any atom is -0.483 e. The van der Waals surface area contributed by atoms with Gasteiger partial charge in [-0.15, -0.1) is 0 Å². The summed E-state index contributed by atoms with van der Waals surface area (Å²) >= 11 is 0. The maximum absolute atomic E-state index is 14.9. The Labute approximate surface area is 209 Å². The van der Waals surface area contributed by atoms with Crippen molar-refractivity contribution in [1.29, 1.82) is 5.26 Å². The molecule has 1 fully saturated rings. The first-order valence-electron chi connectivity index (χ1n) is 12.2. The molecule has 0 bridgehead atoms. The van der Waals surface area contributed by atoms with Gasteiger partial charge in [0, 0.05) is 44.8 Å². The Balaban J connectivity index is 1.40. The molecule has 3 aromatic rings. The number of rotatable bonds is 4. The van der Waals surface area contributed by atoms with Crippen molar-refractivity contribution in [3.8, 4) is 17.6 Å². The van der Waals surface area contributed by atoms with E-state index >= 15 is 0 Å². The Hall–Kier alpha value is -3.58. The molecule has 0 spiro atoms. The molecule has 36 heavy (non-hydrogen) atoms. The summed E-state index contributed by atoms with van der Waals surface area (Å²) in [7, 11) is 1.69. The average Bonchev–Trinajstić information content (AvgIpc) is 3.24. The van der Waals surface area contributed by atoms with Gasteiger partial charge in [-0.25, -0.2) is 18.6 Å². The van der Waals surface area contributed by atoms with Crippen LogP contribution in [0.3, 0.4) is 0 Å². The number of halogens is 1. The van der Waals surface area contributed by atoms with Crippen LogP contribution >= 0.6 is 0 Å². The van der Waals surface area contributed by atoms with Gasteiger partial charge < -0.3 is 14.4 Å². The van der Waals surface area contributed by atoms with E-state index in [1.807, 2.05) is 19.9 Å². The lowest BCUT2D eigenvalue weighted by atomic mass is 10.0. The molecule has 0 saturated carbocycles. The van der Waals surface area contributed by atoms with E-state index in [-0.39, 0.29) is 29.8 Å². The molecular formula is C26H31FN6O3. The van der Waals surface area contributed by atoms with Gasteiger partial charge in [0.1, 0.15) is 12.2 Å². The van der Waals surface area contributed by atoms with E-state index in [1.165, 1.54) is 10.7 Å². The summed E-state index contributed by atoms with van der Waals surface area (Å²) in [5, 5.41) is 9.09. The van der Waals surface area contributed by atoms with Crippen molar-refractivity contribution in [2.75, 3.05) is 31.1 Å². The molecule has 4 heterocycles. The van der Waals surface area contributed by atoms with E-state index < -0.39 is 11.4 Å². The topological polar surface area (TPSA) is 88.0 Å². The van der Waals surface area contributed by atoms with Crippen LogP contribution in [0.15, 0.2) is 29.2 Å². The first-order valence-corrected chi connectivity index (χ1v) is 12.2. The van der Waals surface area contributed by atoms with Crippen LogP contribution in [0.4, 0.5) is 10.1 Å². The normalized spacial score (nSPS) is 20.4. The van der Waals surface area contributed by atoms with Gasteiger partial charge in [0.15, 0.2) is 23.0 Å². The number of anilines is 1. The largest absolute Gasteiger partial charge is 0.483 e. The number of fused-ring (bicyclic) bond motifs is 2. The van der Waals surface area contributed by atoms with Crippen LogP contribution in [-0.4, -0.2) is 57.0 Å². The number of nitrogens with zero attached hydrogens (tertiary/aromatic N) is 6. The fourth-order valence-corrected chi connectivity index (χ4v) is 5.10. The number of aryl methyl sites for hydroxylation is 1. The zero-order valence-electron chi connectivity index (χ0n) is 21.3. The Morgan fingerprint density at radius 2 is 2.08 bits per heavy atom. The quantitative estimate of drug-likeness (QED) is 0.551. The summed E-state index contributed by atoms with van der Waals surface area (Å²) in [6, 6.07) is 7.19. The van der Waals surface area contributed by atoms with Crippen molar-refractivity contribution in [2.24, 2.45) is 7.05 Å². The van der Waals surface area contributed by atoms with Gasteiger partial charge in [-0.2, -0.15) is 5.26 Å². The van der Waals surface area contributed by atoms with Crippen LogP contribution in [0.25, 0.3) is 5.65 Å². The average molecular weight is 495 g/mol. The number of aromatic nitrogens is 3. The van der Waals surface area contributed by atoms with Crippen LogP contribution in [0.1, 0.15) is 45.0 Å². The summed E-state index contributed by atoms with van der Waals surface area (Å²) < 4.78 is 29.7. The Bertz CT molecular complexity index is 1420. The standard InChI is InChI=1S/C26H31FN6O3/c1-16-13-31(17(2)18-10-20(27)24-22(11-18)36-26(3,4)15-35-24)8-9-32(16)21-12-23(34)30(5)33-14-19(6-7-28)29-25(21)33/h10-12,14,16-17H,6,8-9,13,15H2,1-5H3. The number of hydrogen-bond acceptors (Lipinski definition) is 7. The highest BCUT2D eigenvalue weighted by molar-refractivity contribution is 5.69. The van der Waals surface area contributed by atoms with Crippen LogP contribution in [0.5, 0.6) is 11.5 Å². The Kier molecular flexibility index (Phi) is 5.91. The predicted octanol–water partition coefficient (Wildman–Crippen LogP) is 3.06. The molecule has 10 heteroatoms. The summed E-state index contributed by atoms with van der Waals surface area (Å²) in [6.45, 7) is 10.4. The Morgan fingerprint density at radius 3 is 2.81 bits per heavy atom. The molecule has 9 nitrogen and oxygen atoms in total. The monoisotopic (exact) mass is 494 g/mol. The molecule has 1 aromatic carbocycles. The van der Waals surface area contributed by atoms with Crippen molar-refractivity contribution in [3.63, 3.8) is 0 Å². The van der Waals surface area contributed by atoms with Crippen LogP contribution in [0, 0.1) is 17.1 Å². The summed E-state index contributed by atoms with van der Waals surface area (Å²) in [5.74, 6) is 0.204. The first kappa shape index (κ1) is 24.1. The zero-order valence-corrected chi connectivity index (χ0v) is 21.3. The van der Waals surface area contributed by atoms with Crippen LogP contribution < -0.4 is 19.9 Å². The lowest BCUT2D eigenvalue weighted by Crippen LogP contribution is -2.53. The minimum atomic E-state index is -0.514. The number of piperazine rings is 1. The lowest BCUT2D eigenvalue weighted by Gasteiger charge is -2.43. The fourth-order valence-electron chi connectivity index (χ4n) is 5.10. The molecule has 1 saturated heterocycles. The van der Waals surface area contributed by atoms with Crippen molar-refractivity contribution in [1.82, 2.24) is 19.1 Å². The van der Waals surface area contributed by atoms with Crippen LogP contribution in [-0.2, 0) is 13.5 Å². The predicted molar refractivity (Wildman–Crippen MR) is 133 cm³/mol. The first-order chi connectivity index (χ1) is 17.1. The Morgan fingerprint density at radius 1 is 1.31 bits per heavy atom. The number of benzene rings is 1. The van der Waals surface area contributed by atoms with E-state index in [0.717, 1.165) is 24.3 Å². The molecule has 190 valence electrons. The second-order valence-corrected chi connectivity index (χ2v) is 10.3. The minimum absolute atomic E-state index is 0.0413. The molecule has 0 N–H and O–H groups in total. The van der Waals surface area contributed by atoms with Gasteiger partial charge in [-0.1, -0.05) is 0 Å². The second kappa shape index (κ2) is 8.82. The molecule has 2 atom stereocenters. The molecule has 5 rings (SSSR count). The number of nitriles is 1. The number of ether oxygens (including phenoxy) is 2. The lowest BCUT2D eigenvalue weighted by molar-refractivity contribution is 0.0181. The molecule has 0 amide bonds. The van der Waals surface area contributed by atoms with E-state index in [1.54, 1.807) is 23.8 Å². The molecule has 0 radical (unpaired) electrons. The summed E-state index contributed by atoms with van der Waals surface area (Å²) in [4.78, 5) is 21.8. The van der Waals surface area contributed by atoms with E-state index in [4.69, 9.17) is 14.7 Å². The molecule has 2 unspecified atom stereocenters. The van der Waals surface area contributed by atoms with Gasteiger partial charge in [0.2, 0.25) is 0 Å². The second-order valence-electron chi connectivity index (χ2n) is 10.3. The van der Waals surface area contributed by atoms with E-state index in [2.05, 4.69) is 34.7 Å². The molecule has 2 aliphatic heterocycles. The van der Waals surface area contributed by atoms with Crippen molar-refractivity contribution in [2.45, 2.75) is 51.8 Å². The number of hydrogen-bond donors (Lipinski definition) is 0. The molecule has 2 aromatic heterocycles. The smallest absolute Gasteiger partial charge is 0.267 e. The third kappa shape index (κ3) is 4.17. The third-order valence-corrected chi connectivity index (χ3v) is 7.11. The highest BCUT2D eigenvalue weighted by atomic mass is 19.1. The maximum atomic E-state index is 14.9. The van der Waals surface area contributed by atoms with Gasteiger partial charge in [-0.05, 0) is 45.4 Å². The summed E-state index contributed by atoms with van der Waals surface area (Å²) in [5.41, 5.74) is 2.22. The van der Waals surface area contributed by atoms with E-state index in [9.17, 15) is 9.18 Å². The van der Waals surface area contributed by atoms with Crippen molar-refractivity contribution in [3.05, 3.63) is 51.8 Å². The van der Waals surface area contributed by atoms with Crippen molar-refractivity contribution >= 4 is 11.3 Å². The number of imidazole rings is 1. The third-order valence-electron chi connectivity index (χ3n) is 7.11. The molecular weight excluding hydrogens is 463 g/mol. The zero-order chi connectivity index (χ0) is 25.8. The fraction of sp³-hybridized carbons (Fsp3) is 0.500. The van der Waals surface area contributed by atoms with Gasteiger partial charge >= 0.3 is 0 Å². The van der Waals surface area contributed by atoms with Gasteiger partial charge in [-0.3, -0.25) is 9.69 Å². The highest BCUT2D eigenvalue weighted by Crippen LogP contribution is 2.40. The SMILES string of the molecule is CC(c1cc(F)c2c(c1)OC(C)(C)CO2)N1CCN(c2cc(=O)n(C)n3cc(CC#N)nc23)C(C)C1. The molecule has 2 aliphatic rings. The maximum Gasteiger partial charge on any atom is 0.267 e. The van der Waals surface area contributed by atoms with Gasteiger partial charge in [0.05, 0.1) is 30.1 Å². The highest BCUT2D eigenvalue weighted by Gasteiger charge is 2.33. The van der Waals surface area contributed by atoms with Gasteiger partial charge in [0.25, 0.3) is 5.56 Å². The van der Waals surface area contributed by atoms with E-state index in [0.29, 0.717) is 30.2 Å².